The van der Waals surface area contributed by atoms with E-state index in [0.717, 1.165) is 23.5 Å². The number of carbonyl (C=O) groups excluding carboxylic acids is 3. The van der Waals surface area contributed by atoms with E-state index in [1.807, 2.05) is 18.5 Å². The number of nitrogens with one attached hydrogen (secondary N) is 1. The lowest BCUT2D eigenvalue weighted by Gasteiger charge is -2.20. The molecule has 0 radical (unpaired) electrons. The molecule has 1 aromatic carbocycles. The number of nitrogens with zero attached hydrogens (tertiary/aromatic N) is 3. The van der Waals surface area contributed by atoms with Crippen LogP contribution in [-0.2, 0) is 33.8 Å². The molecular formula is C26H32N4O5. The first kappa shape index (κ1) is 25.7. The minimum Gasteiger partial charge on any atom is -0.467 e. The van der Waals surface area contributed by atoms with Crippen LogP contribution in [-0.4, -0.2) is 41.2 Å². The molecule has 0 unspecified atom stereocenters. The van der Waals surface area contributed by atoms with E-state index in [1.54, 1.807) is 43.4 Å². The number of anilines is 1. The summed E-state index contributed by atoms with van der Waals surface area (Å²) in [7, 11) is 1.54. The average Bonchev–Trinajstić information content (AvgIpc) is 3.44. The van der Waals surface area contributed by atoms with E-state index in [0.29, 0.717) is 22.9 Å². The molecule has 0 bridgehead atoms. The zero-order valence-corrected chi connectivity index (χ0v) is 20.8. The number of hydrogen-bond donors (Lipinski definition) is 1. The van der Waals surface area contributed by atoms with Gasteiger partial charge < -0.3 is 19.4 Å². The van der Waals surface area contributed by atoms with E-state index < -0.39 is 18.5 Å². The smallest absolute Gasteiger partial charge is 0.310 e. The second-order valence-electron chi connectivity index (χ2n) is 8.79. The standard InChI is InChI=1S/C26H32N4O5/c1-17(2)15-30-19(4)22(18(3)28-30)13-25(32)35-16-24(31)29(5)23-11-7-6-10-21(23)26(33)27-14-20-9-8-12-34-20/h6-12,17H,13-16H2,1-5H3,(H,27,33). The van der Waals surface area contributed by atoms with Crippen molar-refractivity contribution < 1.29 is 23.5 Å². The summed E-state index contributed by atoms with van der Waals surface area (Å²) in [6.07, 6.45) is 1.57. The van der Waals surface area contributed by atoms with Crippen LogP contribution >= 0.6 is 0 Å². The highest BCUT2D eigenvalue weighted by atomic mass is 16.5. The largest absolute Gasteiger partial charge is 0.467 e. The Bertz CT molecular complexity index is 1180. The average molecular weight is 481 g/mol. The van der Waals surface area contributed by atoms with Crippen LogP contribution in [0.1, 0.15) is 46.9 Å². The van der Waals surface area contributed by atoms with Crippen molar-refractivity contribution in [2.75, 3.05) is 18.6 Å². The first-order valence-electron chi connectivity index (χ1n) is 11.5. The first-order valence-corrected chi connectivity index (χ1v) is 11.5. The monoisotopic (exact) mass is 480 g/mol. The van der Waals surface area contributed by atoms with Crippen molar-refractivity contribution in [2.24, 2.45) is 5.92 Å². The third-order valence-corrected chi connectivity index (χ3v) is 5.63. The van der Waals surface area contributed by atoms with Crippen molar-refractivity contribution in [1.29, 1.82) is 0 Å². The van der Waals surface area contributed by atoms with Gasteiger partial charge in [-0.25, -0.2) is 0 Å². The molecule has 0 fully saturated rings. The maximum absolute atomic E-state index is 12.8. The fourth-order valence-corrected chi connectivity index (χ4v) is 3.72. The molecule has 3 aromatic rings. The number of esters is 1. The molecule has 9 heteroatoms. The Hall–Kier alpha value is -3.88. The van der Waals surface area contributed by atoms with Crippen LogP contribution in [0.25, 0.3) is 0 Å². The van der Waals surface area contributed by atoms with Crippen molar-refractivity contribution in [3.8, 4) is 0 Å². The Kier molecular flexibility index (Phi) is 8.46. The van der Waals surface area contributed by atoms with Gasteiger partial charge in [-0.15, -0.1) is 0 Å². The summed E-state index contributed by atoms with van der Waals surface area (Å²) >= 11 is 0. The van der Waals surface area contributed by atoms with Crippen LogP contribution in [0.3, 0.4) is 0 Å². The zero-order chi connectivity index (χ0) is 25.5. The van der Waals surface area contributed by atoms with Crippen LogP contribution < -0.4 is 10.2 Å². The Morgan fingerprint density at radius 3 is 2.57 bits per heavy atom. The van der Waals surface area contributed by atoms with Crippen LogP contribution in [0.4, 0.5) is 5.69 Å². The van der Waals surface area contributed by atoms with Crippen LogP contribution in [0, 0.1) is 19.8 Å². The van der Waals surface area contributed by atoms with Gasteiger partial charge in [0.15, 0.2) is 6.61 Å². The summed E-state index contributed by atoms with van der Waals surface area (Å²) in [6.45, 7) is 8.55. The van der Waals surface area contributed by atoms with E-state index in [1.165, 1.54) is 11.2 Å². The van der Waals surface area contributed by atoms with Crippen molar-refractivity contribution in [2.45, 2.75) is 47.2 Å². The van der Waals surface area contributed by atoms with Crippen molar-refractivity contribution in [3.63, 3.8) is 0 Å². The molecule has 0 saturated heterocycles. The molecule has 0 saturated carbocycles. The van der Waals surface area contributed by atoms with E-state index in [9.17, 15) is 14.4 Å². The lowest BCUT2D eigenvalue weighted by molar-refractivity contribution is -0.147. The number of ether oxygens (including phenoxy) is 1. The SMILES string of the molecule is Cc1nn(CC(C)C)c(C)c1CC(=O)OCC(=O)N(C)c1ccccc1C(=O)NCc1ccco1. The predicted octanol–water partition coefficient (Wildman–Crippen LogP) is 3.43. The van der Waals surface area contributed by atoms with Gasteiger partial charge in [0.05, 0.1) is 36.2 Å². The Labute approximate surface area is 205 Å². The lowest BCUT2D eigenvalue weighted by atomic mass is 10.1. The first-order chi connectivity index (χ1) is 16.7. The van der Waals surface area contributed by atoms with Crippen molar-refractivity contribution in [3.05, 3.63) is 70.9 Å². The van der Waals surface area contributed by atoms with E-state index in [-0.39, 0.29) is 18.9 Å². The number of rotatable bonds is 10. The fraction of sp³-hybridized carbons (Fsp3) is 0.385. The normalized spacial score (nSPS) is 10.9. The number of carbonyl (C=O) groups is 3. The number of para-hydroxylation sites is 1. The number of furan rings is 1. The molecule has 3 rings (SSSR count). The van der Waals surface area contributed by atoms with Crippen LogP contribution in [0.15, 0.2) is 47.1 Å². The second-order valence-corrected chi connectivity index (χ2v) is 8.79. The Morgan fingerprint density at radius 2 is 1.89 bits per heavy atom. The summed E-state index contributed by atoms with van der Waals surface area (Å²) in [5, 5.41) is 7.29. The number of benzene rings is 1. The number of amides is 2. The zero-order valence-electron chi connectivity index (χ0n) is 20.8. The molecule has 0 atom stereocenters. The summed E-state index contributed by atoms with van der Waals surface area (Å²) in [5.74, 6) is -0.262. The quantitative estimate of drug-likeness (QED) is 0.446. The molecule has 0 aliphatic carbocycles. The molecule has 2 heterocycles. The predicted molar refractivity (Wildman–Crippen MR) is 131 cm³/mol. The van der Waals surface area contributed by atoms with Gasteiger partial charge in [0.2, 0.25) is 0 Å². The third-order valence-electron chi connectivity index (χ3n) is 5.63. The van der Waals surface area contributed by atoms with E-state index in [4.69, 9.17) is 9.15 Å². The number of aromatic nitrogens is 2. The summed E-state index contributed by atoms with van der Waals surface area (Å²) in [6, 6.07) is 10.2. The topological polar surface area (TPSA) is 107 Å². The van der Waals surface area contributed by atoms with Crippen molar-refractivity contribution >= 4 is 23.5 Å². The van der Waals surface area contributed by atoms with Crippen LogP contribution in [0.2, 0.25) is 0 Å². The fourth-order valence-electron chi connectivity index (χ4n) is 3.72. The molecule has 0 spiro atoms. The number of likely N-dealkylation sites (N-methyl/N-ethyl adjacent to an activating group) is 1. The second kappa shape index (κ2) is 11.5. The molecule has 2 amide bonds. The molecule has 9 nitrogen and oxygen atoms in total. The number of aryl methyl sites for hydroxylation is 1. The maximum Gasteiger partial charge on any atom is 0.310 e. The molecule has 1 N–H and O–H groups in total. The van der Waals surface area contributed by atoms with Gasteiger partial charge >= 0.3 is 5.97 Å². The minimum atomic E-state index is -0.508. The Morgan fingerprint density at radius 1 is 1.14 bits per heavy atom. The highest BCUT2D eigenvalue weighted by molar-refractivity contribution is 6.05. The van der Waals surface area contributed by atoms with Crippen molar-refractivity contribution in [1.82, 2.24) is 15.1 Å². The maximum atomic E-state index is 12.8. The summed E-state index contributed by atoms with van der Waals surface area (Å²) in [5.41, 5.74) is 3.25. The van der Waals surface area contributed by atoms with Crippen LogP contribution in [0.5, 0.6) is 0 Å². The molecule has 186 valence electrons. The van der Waals surface area contributed by atoms with E-state index >= 15 is 0 Å². The third kappa shape index (κ3) is 6.59. The van der Waals surface area contributed by atoms with E-state index in [2.05, 4.69) is 24.3 Å². The highest BCUT2D eigenvalue weighted by Crippen LogP contribution is 2.20. The Balaban J connectivity index is 1.59. The molecular weight excluding hydrogens is 448 g/mol. The molecule has 2 aromatic heterocycles. The molecule has 0 aliphatic rings. The number of hydrogen-bond acceptors (Lipinski definition) is 6. The minimum absolute atomic E-state index is 0.0402. The summed E-state index contributed by atoms with van der Waals surface area (Å²) < 4.78 is 12.4. The van der Waals surface area contributed by atoms with Gasteiger partial charge in [0.25, 0.3) is 11.8 Å². The van der Waals surface area contributed by atoms with Gasteiger partial charge in [-0.1, -0.05) is 26.0 Å². The summed E-state index contributed by atoms with van der Waals surface area (Å²) in [4.78, 5) is 39.3. The molecule has 0 aliphatic heterocycles. The highest BCUT2D eigenvalue weighted by Gasteiger charge is 2.21. The van der Waals surface area contributed by atoms with Gasteiger partial charge in [-0.3, -0.25) is 19.1 Å². The van der Waals surface area contributed by atoms with Gasteiger partial charge in [-0.05, 0) is 44.0 Å². The lowest BCUT2D eigenvalue weighted by Crippen LogP contribution is -2.33. The van der Waals surface area contributed by atoms with Gasteiger partial charge in [-0.2, -0.15) is 5.10 Å². The van der Waals surface area contributed by atoms with Gasteiger partial charge in [0, 0.05) is 24.8 Å². The molecule has 35 heavy (non-hydrogen) atoms. The van der Waals surface area contributed by atoms with Gasteiger partial charge in [0.1, 0.15) is 5.76 Å².